The molecule has 0 spiro atoms. The predicted octanol–water partition coefficient (Wildman–Crippen LogP) is 8.48. The highest BCUT2D eigenvalue weighted by Gasteiger charge is 2.15. The number of anilines is 1. The minimum Gasteiger partial charge on any atom is -0.457 e. The van der Waals surface area contributed by atoms with Crippen molar-refractivity contribution in [1.82, 2.24) is 9.55 Å². The summed E-state index contributed by atoms with van der Waals surface area (Å²) in [7, 11) is 0. The molecule has 5 aromatic rings. The number of hydrogen-bond acceptors (Lipinski definition) is 3. The molecule has 0 saturated heterocycles. The molecule has 2 heterocycles. The second kappa shape index (κ2) is 11.0. The predicted molar refractivity (Wildman–Crippen MR) is 150 cm³/mol. The number of nitrogens with zero attached hydrogens (tertiary/aromatic N) is 2. The molecule has 0 aliphatic rings. The van der Waals surface area contributed by atoms with Crippen LogP contribution in [0.25, 0.3) is 22.5 Å². The van der Waals surface area contributed by atoms with E-state index in [1.807, 2.05) is 72.8 Å². The standard InChI is InChI=1S/C28H21BrClN3O.ClH/c29-20-10-14-23(15-11-20)34-22-12-8-19(9-13-22)26-16-17-27(24-5-1-2-6-25(24)30)33(26)18-21-4-3-7-28(31)32-21;/h1-17H,18H2,(H2,31,32);1H. The first-order chi connectivity index (χ1) is 16.6. The Hall–Kier alpha value is -3.25. The van der Waals surface area contributed by atoms with Gasteiger partial charge in [-0.2, -0.15) is 0 Å². The van der Waals surface area contributed by atoms with Gasteiger partial charge in [-0.3, -0.25) is 0 Å². The third-order valence-corrected chi connectivity index (χ3v) is 6.34. The highest BCUT2D eigenvalue weighted by atomic mass is 79.9. The molecule has 0 radical (unpaired) electrons. The van der Waals surface area contributed by atoms with Gasteiger partial charge in [0, 0.05) is 20.8 Å². The Morgan fingerprint density at radius 3 is 2.11 bits per heavy atom. The molecular weight excluding hydrogens is 545 g/mol. The van der Waals surface area contributed by atoms with E-state index in [2.05, 4.69) is 49.7 Å². The van der Waals surface area contributed by atoms with Crippen molar-refractivity contribution in [2.24, 2.45) is 0 Å². The van der Waals surface area contributed by atoms with E-state index in [-0.39, 0.29) is 12.4 Å². The van der Waals surface area contributed by atoms with Gasteiger partial charge in [-0.15, -0.1) is 12.4 Å². The van der Waals surface area contributed by atoms with Crippen molar-refractivity contribution >= 4 is 45.8 Å². The Balaban J connectivity index is 0.00000289. The summed E-state index contributed by atoms with van der Waals surface area (Å²) in [6, 6.07) is 33.6. The van der Waals surface area contributed by atoms with Crippen molar-refractivity contribution in [3.8, 4) is 34.0 Å². The molecule has 4 nitrogen and oxygen atoms in total. The van der Waals surface area contributed by atoms with E-state index in [0.29, 0.717) is 17.4 Å². The van der Waals surface area contributed by atoms with E-state index in [4.69, 9.17) is 22.1 Å². The molecule has 0 amide bonds. The Morgan fingerprint density at radius 1 is 0.771 bits per heavy atom. The van der Waals surface area contributed by atoms with E-state index in [0.717, 1.165) is 44.2 Å². The number of hydrogen-bond donors (Lipinski definition) is 1. The molecule has 0 aliphatic heterocycles. The summed E-state index contributed by atoms with van der Waals surface area (Å²) in [5, 5.41) is 0.701. The van der Waals surface area contributed by atoms with Crippen molar-refractivity contribution in [1.29, 1.82) is 0 Å². The fourth-order valence-electron chi connectivity index (χ4n) is 3.87. The largest absolute Gasteiger partial charge is 0.457 e. The van der Waals surface area contributed by atoms with Gasteiger partial charge in [-0.05, 0) is 84.4 Å². The Labute approximate surface area is 223 Å². The zero-order valence-corrected chi connectivity index (χ0v) is 21.7. The minimum atomic E-state index is 0. The van der Waals surface area contributed by atoms with Gasteiger partial charge in [0.1, 0.15) is 17.3 Å². The summed E-state index contributed by atoms with van der Waals surface area (Å²) in [5.74, 6) is 2.06. The summed E-state index contributed by atoms with van der Waals surface area (Å²) >= 11 is 10.00. The Kier molecular flexibility index (Phi) is 7.81. The smallest absolute Gasteiger partial charge is 0.127 e. The van der Waals surface area contributed by atoms with Crippen LogP contribution in [0.1, 0.15) is 5.69 Å². The quantitative estimate of drug-likeness (QED) is 0.224. The second-order valence-electron chi connectivity index (χ2n) is 7.80. The molecule has 176 valence electrons. The zero-order chi connectivity index (χ0) is 23.5. The highest BCUT2D eigenvalue weighted by Crippen LogP contribution is 2.34. The molecule has 0 saturated carbocycles. The lowest BCUT2D eigenvalue weighted by Crippen LogP contribution is -2.06. The number of aromatic nitrogens is 2. The van der Waals surface area contributed by atoms with Crippen molar-refractivity contribution < 1.29 is 4.74 Å². The average Bonchev–Trinajstić information content (AvgIpc) is 3.24. The summed E-state index contributed by atoms with van der Waals surface area (Å²) in [4.78, 5) is 4.51. The number of ether oxygens (including phenoxy) is 1. The van der Waals surface area contributed by atoms with Crippen LogP contribution in [0.3, 0.4) is 0 Å². The van der Waals surface area contributed by atoms with Crippen molar-refractivity contribution in [3.63, 3.8) is 0 Å². The number of rotatable bonds is 6. The number of nitrogens with two attached hydrogens (primary N) is 1. The van der Waals surface area contributed by atoms with Crippen molar-refractivity contribution in [3.05, 3.63) is 118 Å². The first-order valence-electron chi connectivity index (χ1n) is 10.8. The van der Waals surface area contributed by atoms with E-state index in [1.165, 1.54) is 0 Å². The second-order valence-corrected chi connectivity index (χ2v) is 9.13. The van der Waals surface area contributed by atoms with Gasteiger partial charge >= 0.3 is 0 Å². The molecule has 5 rings (SSSR count). The van der Waals surface area contributed by atoms with Gasteiger partial charge in [-0.25, -0.2) is 4.98 Å². The van der Waals surface area contributed by atoms with E-state index < -0.39 is 0 Å². The summed E-state index contributed by atoms with van der Waals surface area (Å²) < 4.78 is 9.21. The fourth-order valence-corrected chi connectivity index (χ4v) is 4.37. The first kappa shape index (κ1) is 24.9. The lowest BCUT2D eigenvalue weighted by Gasteiger charge is -2.15. The molecule has 7 heteroatoms. The van der Waals surface area contributed by atoms with E-state index in [1.54, 1.807) is 6.07 Å². The fraction of sp³-hybridized carbons (Fsp3) is 0.0357. The molecule has 0 atom stereocenters. The van der Waals surface area contributed by atoms with Crippen LogP contribution < -0.4 is 10.5 Å². The Morgan fingerprint density at radius 2 is 1.43 bits per heavy atom. The van der Waals surface area contributed by atoms with Gasteiger partial charge in [0.05, 0.1) is 17.9 Å². The molecule has 35 heavy (non-hydrogen) atoms. The van der Waals surface area contributed by atoms with Crippen LogP contribution in [-0.2, 0) is 6.54 Å². The molecule has 0 aliphatic carbocycles. The van der Waals surface area contributed by atoms with Gasteiger partial charge in [0.2, 0.25) is 0 Å². The van der Waals surface area contributed by atoms with Crippen LogP contribution in [0.5, 0.6) is 11.5 Å². The summed E-state index contributed by atoms with van der Waals surface area (Å²) in [6.07, 6.45) is 0. The normalized spacial score (nSPS) is 10.6. The molecule has 2 aromatic heterocycles. The van der Waals surface area contributed by atoms with Crippen molar-refractivity contribution in [2.75, 3.05) is 5.73 Å². The lowest BCUT2D eigenvalue weighted by atomic mass is 10.1. The molecule has 0 bridgehead atoms. The highest BCUT2D eigenvalue weighted by molar-refractivity contribution is 9.10. The third kappa shape index (κ3) is 5.70. The number of benzene rings is 3. The SMILES string of the molecule is Cl.Nc1cccc(Cn2c(-c3ccc(Oc4ccc(Br)cc4)cc3)ccc2-c2ccccc2Cl)n1. The van der Waals surface area contributed by atoms with Gasteiger partial charge in [-0.1, -0.05) is 51.8 Å². The first-order valence-corrected chi connectivity index (χ1v) is 11.9. The van der Waals surface area contributed by atoms with Crippen LogP contribution in [0.4, 0.5) is 5.82 Å². The maximum atomic E-state index is 6.55. The van der Waals surface area contributed by atoms with Gasteiger partial charge in [0.25, 0.3) is 0 Å². The van der Waals surface area contributed by atoms with Gasteiger partial charge in [0.15, 0.2) is 0 Å². The third-order valence-electron chi connectivity index (χ3n) is 5.48. The zero-order valence-electron chi connectivity index (χ0n) is 18.6. The monoisotopic (exact) mass is 565 g/mol. The van der Waals surface area contributed by atoms with Crippen LogP contribution in [0.2, 0.25) is 5.02 Å². The van der Waals surface area contributed by atoms with Crippen LogP contribution in [-0.4, -0.2) is 9.55 Å². The number of halogens is 3. The molecule has 0 unspecified atom stereocenters. The minimum absolute atomic E-state index is 0. The molecule has 2 N–H and O–H groups in total. The van der Waals surface area contributed by atoms with Crippen LogP contribution >= 0.6 is 39.9 Å². The number of nitrogen functional groups attached to an aromatic ring is 1. The molecule has 0 fully saturated rings. The molecular formula is C28H22BrCl2N3O. The van der Waals surface area contributed by atoms with Crippen molar-refractivity contribution in [2.45, 2.75) is 6.54 Å². The maximum absolute atomic E-state index is 6.55. The molecule has 3 aromatic carbocycles. The van der Waals surface area contributed by atoms with Gasteiger partial charge < -0.3 is 15.0 Å². The maximum Gasteiger partial charge on any atom is 0.127 e. The Bertz CT molecular complexity index is 1430. The summed E-state index contributed by atoms with van der Waals surface area (Å²) in [5.41, 5.74) is 10.9. The summed E-state index contributed by atoms with van der Waals surface area (Å²) in [6.45, 7) is 0.561. The topological polar surface area (TPSA) is 53.1 Å². The lowest BCUT2D eigenvalue weighted by molar-refractivity contribution is 0.482. The van der Waals surface area contributed by atoms with E-state index >= 15 is 0 Å². The van der Waals surface area contributed by atoms with Crippen LogP contribution in [0.15, 0.2) is 108 Å². The number of pyridine rings is 1. The van der Waals surface area contributed by atoms with Crippen LogP contribution in [0, 0.1) is 0 Å². The van der Waals surface area contributed by atoms with E-state index in [9.17, 15) is 0 Å². The average molecular weight is 567 g/mol.